The van der Waals surface area contributed by atoms with Crippen molar-refractivity contribution in [2.75, 3.05) is 13.2 Å². The number of carbonyl (C=O) groups is 2. The average Bonchev–Trinajstić information content (AvgIpc) is 2.62. The van der Waals surface area contributed by atoms with Gasteiger partial charge in [-0.15, -0.1) is 0 Å². The number of rotatable bonds is 7. The summed E-state index contributed by atoms with van der Waals surface area (Å²) >= 11 is 11.7. The number of hydrogen-bond acceptors (Lipinski definition) is 5. The lowest BCUT2D eigenvalue weighted by Gasteiger charge is -2.34. The van der Waals surface area contributed by atoms with E-state index < -0.39 is 35.1 Å². The molecule has 1 fully saturated rings. The van der Waals surface area contributed by atoms with Crippen LogP contribution in [-0.2, 0) is 24.3 Å². The molecule has 3 atom stereocenters. The molecule has 0 saturated heterocycles. The molecule has 156 valence electrons. The quantitative estimate of drug-likeness (QED) is 0.621. The molecule has 1 aromatic carbocycles. The van der Waals surface area contributed by atoms with Crippen LogP contribution < -0.4 is 10.0 Å². The highest BCUT2D eigenvalue weighted by Gasteiger charge is 2.28. The topological polar surface area (TPSA) is 102 Å². The molecule has 0 radical (unpaired) electrons. The fourth-order valence-corrected chi connectivity index (χ4v) is 5.31. The first kappa shape index (κ1) is 22.9. The van der Waals surface area contributed by atoms with Crippen molar-refractivity contribution in [1.82, 2.24) is 10.0 Å². The molecule has 1 saturated carbocycles. The van der Waals surface area contributed by atoms with Crippen molar-refractivity contribution in [2.45, 2.75) is 44.0 Å². The maximum atomic E-state index is 12.3. The first-order chi connectivity index (χ1) is 13.1. The molecule has 0 aliphatic heterocycles. The Morgan fingerprint density at radius 2 is 1.82 bits per heavy atom. The first-order valence-electron chi connectivity index (χ1n) is 9.00. The molecule has 10 heteroatoms. The summed E-state index contributed by atoms with van der Waals surface area (Å²) in [5.74, 6) is -0.420. The fraction of sp³-hybridized carbons (Fsp3) is 0.556. The van der Waals surface area contributed by atoms with Crippen LogP contribution >= 0.6 is 23.2 Å². The molecule has 7 nitrogen and oxygen atoms in total. The number of nitrogens with one attached hydrogen (secondary N) is 2. The van der Waals surface area contributed by atoms with E-state index in [1.54, 1.807) is 0 Å². The van der Waals surface area contributed by atoms with E-state index in [-0.39, 0.29) is 21.0 Å². The van der Waals surface area contributed by atoms with Crippen molar-refractivity contribution < 1.29 is 22.7 Å². The highest BCUT2D eigenvalue weighted by molar-refractivity contribution is 7.89. The Hall–Kier alpha value is -1.35. The van der Waals surface area contributed by atoms with Crippen LogP contribution in [-0.4, -0.2) is 39.5 Å². The van der Waals surface area contributed by atoms with Crippen LogP contribution in [0.3, 0.4) is 0 Å². The van der Waals surface area contributed by atoms with Crippen molar-refractivity contribution in [3.63, 3.8) is 0 Å². The fourth-order valence-electron chi connectivity index (χ4n) is 3.20. The lowest BCUT2D eigenvalue weighted by atomic mass is 9.78. The van der Waals surface area contributed by atoms with Gasteiger partial charge in [-0.25, -0.2) is 8.42 Å². The van der Waals surface area contributed by atoms with Crippen LogP contribution in [0.25, 0.3) is 0 Å². The molecular weight excluding hydrogens is 427 g/mol. The van der Waals surface area contributed by atoms with Gasteiger partial charge in [0.15, 0.2) is 6.61 Å². The Labute approximate surface area is 175 Å². The summed E-state index contributed by atoms with van der Waals surface area (Å²) < 4.78 is 31.5. The zero-order chi connectivity index (χ0) is 20.9. The number of ether oxygens (including phenoxy) is 1. The highest BCUT2D eigenvalue weighted by atomic mass is 35.5. The summed E-state index contributed by atoms with van der Waals surface area (Å²) in [6, 6.07) is 4.30. The third kappa shape index (κ3) is 6.07. The monoisotopic (exact) mass is 450 g/mol. The first-order valence-corrected chi connectivity index (χ1v) is 11.2. The smallest absolute Gasteiger partial charge is 0.321 e. The van der Waals surface area contributed by atoms with E-state index in [1.807, 2.05) is 0 Å². The van der Waals surface area contributed by atoms with Crippen molar-refractivity contribution in [3.05, 3.63) is 28.2 Å². The molecule has 1 amide bonds. The van der Waals surface area contributed by atoms with Crippen LogP contribution in [0.1, 0.15) is 33.1 Å². The van der Waals surface area contributed by atoms with E-state index >= 15 is 0 Å². The number of halogens is 2. The minimum absolute atomic E-state index is 0.0517. The van der Waals surface area contributed by atoms with E-state index in [1.165, 1.54) is 18.2 Å². The van der Waals surface area contributed by atoms with Crippen molar-refractivity contribution in [1.29, 1.82) is 0 Å². The van der Waals surface area contributed by atoms with Crippen LogP contribution in [0.15, 0.2) is 23.1 Å². The molecule has 0 spiro atoms. The normalized spacial score (nSPS) is 22.5. The predicted molar refractivity (Wildman–Crippen MR) is 107 cm³/mol. The summed E-state index contributed by atoms with van der Waals surface area (Å²) in [5, 5.41) is 2.75. The molecule has 3 unspecified atom stereocenters. The largest absolute Gasteiger partial charge is 0.455 e. The van der Waals surface area contributed by atoms with Crippen LogP contribution in [0.5, 0.6) is 0 Å². The minimum atomic E-state index is -4.11. The van der Waals surface area contributed by atoms with Crippen molar-refractivity contribution in [3.8, 4) is 0 Å². The van der Waals surface area contributed by atoms with Gasteiger partial charge in [0.25, 0.3) is 5.91 Å². The van der Waals surface area contributed by atoms with Gasteiger partial charge >= 0.3 is 5.97 Å². The Balaban J connectivity index is 1.82. The molecule has 0 heterocycles. The van der Waals surface area contributed by atoms with E-state index in [2.05, 4.69) is 23.9 Å². The Morgan fingerprint density at radius 3 is 2.46 bits per heavy atom. The van der Waals surface area contributed by atoms with Gasteiger partial charge in [-0.1, -0.05) is 56.0 Å². The van der Waals surface area contributed by atoms with Gasteiger partial charge in [-0.3, -0.25) is 9.59 Å². The Bertz CT molecular complexity index is 811. The maximum Gasteiger partial charge on any atom is 0.321 e. The minimum Gasteiger partial charge on any atom is -0.455 e. The number of benzene rings is 1. The van der Waals surface area contributed by atoms with Gasteiger partial charge in [0.1, 0.15) is 11.4 Å². The zero-order valence-electron chi connectivity index (χ0n) is 15.7. The summed E-state index contributed by atoms with van der Waals surface area (Å²) in [7, 11) is -4.11. The van der Waals surface area contributed by atoms with E-state index in [0.29, 0.717) is 11.8 Å². The van der Waals surface area contributed by atoms with Gasteiger partial charge < -0.3 is 10.1 Å². The lowest BCUT2D eigenvalue weighted by molar-refractivity contribution is -0.147. The standard InChI is InChI=1S/C18H24Cl2N2O5S/c1-11-5-3-8-15(12(11)2)22-16(23)10-27-17(24)9-21-28(25,26)18-13(19)6-4-7-14(18)20/h4,6-7,11-12,15,21H,3,5,8-10H2,1-2H3,(H,22,23). The second-order valence-corrected chi connectivity index (χ2v) is 9.50. The zero-order valence-corrected chi connectivity index (χ0v) is 18.0. The van der Waals surface area contributed by atoms with Crippen LogP contribution in [0.4, 0.5) is 0 Å². The molecule has 2 rings (SSSR count). The molecule has 0 bridgehead atoms. The van der Waals surface area contributed by atoms with Gasteiger partial charge in [0, 0.05) is 6.04 Å². The third-order valence-corrected chi connectivity index (χ3v) is 7.37. The number of carbonyl (C=O) groups excluding carboxylic acids is 2. The van der Waals surface area contributed by atoms with Crippen molar-refractivity contribution >= 4 is 45.1 Å². The maximum absolute atomic E-state index is 12.3. The highest BCUT2D eigenvalue weighted by Crippen LogP contribution is 2.30. The number of esters is 1. The SMILES string of the molecule is CC1CCCC(NC(=O)COC(=O)CNS(=O)(=O)c2c(Cl)cccc2Cl)C1C. The van der Waals surface area contributed by atoms with Crippen molar-refractivity contribution in [2.24, 2.45) is 11.8 Å². The van der Waals surface area contributed by atoms with Crippen LogP contribution in [0, 0.1) is 11.8 Å². The van der Waals surface area contributed by atoms with Crippen LogP contribution in [0.2, 0.25) is 10.0 Å². The van der Waals surface area contributed by atoms with E-state index in [4.69, 9.17) is 27.9 Å². The second-order valence-electron chi connectivity index (χ2n) is 6.98. The van der Waals surface area contributed by atoms with Gasteiger partial charge in [-0.05, 0) is 30.4 Å². The van der Waals surface area contributed by atoms with E-state index in [0.717, 1.165) is 19.3 Å². The average molecular weight is 451 g/mol. The molecule has 1 aromatic rings. The third-order valence-electron chi connectivity index (χ3n) is 5.01. The Kier molecular flexibility index (Phi) is 8.12. The van der Waals surface area contributed by atoms with Gasteiger partial charge in [-0.2, -0.15) is 4.72 Å². The summed E-state index contributed by atoms with van der Waals surface area (Å²) in [4.78, 5) is 23.5. The number of amides is 1. The summed E-state index contributed by atoms with van der Waals surface area (Å²) in [5.41, 5.74) is 0. The second kappa shape index (κ2) is 9.91. The number of sulfonamides is 1. The summed E-state index contributed by atoms with van der Waals surface area (Å²) in [6.45, 7) is 3.13. The molecule has 0 aromatic heterocycles. The van der Waals surface area contributed by atoms with E-state index in [9.17, 15) is 18.0 Å². The lowest BCUT2D eigenvalue weighted by Crippen LogP contribution is -2.45. The number of hydrogen-bond donors (Lipinski definition) is 2. The molecule has 28 heavy (non-hydrogen) atoms. The molecule has 2 N–H and O–H groups in total. The molecular formula is C18H24Cl2N2O5S. The molecule has 1 aliphatic rings. The Morgan fingerprint density at radius 1 is 1.18 bits per heavy atom. The van der Waals surface area contributed by atoms with Gasteiger partial charge in [0.2, 0.25) is 10.0 Å². The summed E-state index contributed by atoms with van der Waals surface area (Å²) in [6.07, 6.45) is 3.07. The van der Waals surface area contributed by atoms with Gasteiger partial charge in [0.05, 0.1) is 10.0 Å². The molecule has 1 aliphatic carbocycles. The predicted octanol–water partition coefficient (Wildman–Crippen LogP) is 2.76.